The highest BCUT2D eigenvalue weighted by molar-refractivity contribution is 5.93. The first-order valence-electron chi connectivity index (χ1n) is 9.58. The summed E-state index contributed by atoms with van der Waals surface area (Å²) in [6.07, 6.45) is 4.06. The van der Waals surface area contributed by atoms with E-state index in [1.54, 1.807) is 15.7 Å². The summed E-state index contributed by atoms with van der Waals surface area (Å²) in [5.41, 5.74) is 4.88. The number of hydrogen-bond acceptors (Lipinski definition) is 5. The zero-order valence-corrected chi connectivity index (χ0v) is 16.8. The van der Waals surface area contributed by atoms with Crippen molar-refractivity contribution in [1.82, 2.24) is 19.6 Å². The van der Waals surface area contributed by atoms with Crippen LogP contribution in [0.25, 0.3) is 5.78 Å². The Morgan fingerprint density at radius 3 is 2.66 bits per heavy atom. The van der Waals surface area contributed by atoms with Gasteiger partial charge in [-0.05, 0) is 57.0 Å². The minimum absolute atomic E-state index is 0.0303. The van der Waals surface area contributed by atoms with Crippen LogP contribution in [0.3, 0.4) is 0 Å². The maximum Gasteiger partial charge on any atom is 0.252 e. The molecular formula is C22H23N5O2. The smallest absolute Gasteiger partial charge is 0.252 e. The number of carbonyl (C=O) groups is 1. The quantitative estimate of drug-likeness (QED) is 0.501. The second-order valence-electron chi connectivity index (χ2n) is 7.13. The molecule has 29 heavy (non-hydrogen) atoms. The van der Waals surface area contributed by atoms with Gasteiger partial charge in [-0.15, -0.1) is 0 Å². The van der Waals surface area contributed by atoms with Gasteiger partial charge in [0, 0.05) is 23.5 Å². The lowest BCUT2D eigenvalue weighted by Gasteiger charge is -2.22. The predicted octanol–water partition coefficient (Wildman–Crippen LogP) is 3.81. The van der Waals surface area contributed by atoms with Crippen LogP contribution in [0, 0.1) is 20.8 Å². The van der Waals surface area contributed by atoms with Gasteiger partial charge >= 0.3 is 0 Å². The largest absolute Gasteiger partial charge is 0.467 e. The molecule has 3 heterocycles. The Kier molecular flexibility index (Phi) is 5.12. The molecule has 0 atom stereocenters. The second-order valence-corrected chi connectivity index (χ2v) is 7.13. The molecule has 7 nitrogen and oxygen atoms in total. The number of carbonyl (C=O) groups excluding carboxylic acids is 1. The Morgan fingerprint density at radius 2 is 1.93 bits per heavy atom. The normalized spacial score (nSPS) is 11.1. The van der Waals surface area contributed by atoms with Crippen LogP contribution >= 0.6 is 0 Å². The maximum atomic E-state index is 13.2. The zero-order chi connectivity index (χ0) is 20.4. The summed E-state index contributed by atoms with van der Waals surface area (Å²) in [6, 6.07) is 11.7. The molecule has 0 aliphatic carbocycles. The first-order valence-corrected chi connectivity index (χ1v) is 9.58. The van der Waals surface area contributed by atoms with Crippen molar-refractivity contribution in [3.8, 4) is 0 Å². The van der Waals surface area contributed by atoms with Gasteiger partial charge in [-0.1, -0.05) is 17.7 Å². The van der Waals surface area contributed by atoms with Gasteiger partial charge in [-0.2, -0.15) is 10.1 Å². The van der Waals surface area contributed by atoms with Crippen molar-refractivity contribution in [2.24, 2.45) is 0 Å². The highest BCUT2D eigenvalue weighted by Crippen LogP contribution is 2.21. The van der Waals surface area contributed by atoms with Crippen molar-refractivity contribution in [2.75, 3.05) is 4.90 Å². The van der Waals surface area contributed by atoms with Crippen molar-refractivity contribution in [1.29, 1.82) is 0 Å². The molecule has 0 radical (unpaired) electrons. The number of rotatable bonds is 6. The average molecular weight is 389 g/mol. The number of fused-ring (bicyclic) bond motifs is 1. The second kappa shape index (κ2) is 7.87. The first kappa shape index (κ1) is 18.9. The van der Waals surface area contributed by atoms with E-state index in [0.29, 0.717) is 25.2 Å². The summed E-state index contributed by atoms with van der Waals surface area (Å²) in [5, 5.41) is 4.22. The highest BCUT2D eigenvalue weighted by atomic mass is 16.3. The van der Waals surface area contributed by atoms with Gasteiger partial charge in [0.1, 0.15) is 12.1 Å². The Hall–Kier alpha value is -3.48. The molecule has 7 heteroatoms. The molecule has 1 aromatic carbocycles. The summed E-state index contributed by atoms with van der Waals surface area (Å²) >= 11 is 0. The maximum absolute atomic E-state index is 13.2. The predicted molar refractivity (Wildman–Crippen MR) is 110 cm³/mol. The minimum Gasteiger partial charge on any atom is -0.467 e. The lowest BCUT2D eigenvalue weighted by Crippen LogP contribution is -2.30. The van der Waals surface area contributed by atoms with Crippen molar-refractivity contribution in [2.45, 2.75) is 40.2 Å². The van der Waals surface area contributed by atoms with Gasteiger partial charge in [0.2, 0.25) is 5.91 Å². The summed E-state index contributed by atoms with van der Waals surface area (Å²) in [6.45, 7) is 6.35. The van der Waals surface area contributed by atoms with E-state index in [2.05, 4.69) is 15.1 Å². The van der Waals surface area contributed by atoms with Crippen LogP contribution in [0.15, 0.2) is 53.4 Å². The van der Waals surface area contributed by atoms with Crippen LogP contribution in [-0.4, -0.2) is 25.5 Å². The van der Waals surface area contributed by atoms with E-state index in [-0.39, 0.29) is 5.91 Å². The zero-order valence-electron chi connectivity index (χ0n) is 16.8. The number of anilines is 1. The number of aromatic nitrogens is 4. The third kappa shape index (κ3) is 3.89. The Labute approximate surface area is 169 Å². The number of hydrogen-bond donors (Lipinski definition) is 0. The summed E-state index contributed by atoms with van der Waals surface area (Å²) in [4.78, 5) is 23.6. The number of amides is 1. The molecule has 0 bridgehead atoms. The standard InChI is InChI=1S/C22H23N5O2/c1-15-6-8-18(9-7-15)26(13-19-5-4-12-29-19)21(28)11-10-20-16(2)25-22-23-14-24-27(22)17(20)3/h4-9,12,14H,10-11,13H2,1-3H3. The summed E-state index contributed by atoms with van der Waals surface area (Å²) in [7, 11) is 0. The van der Waals surface area contributed by atoms with Crippen molar-refractivity contribution < 1.29 is 9.21 Å². The molecule has 1 amide bonds. The van der Waals surface area contributed by atoms with Gasteiger partial charge in [-0.25, -0.2) is 9.50 Å². The van der Waals surface area contributed by atoms with Gasteiger partial charge in [0.05, 0.1) is 12.8 Å². The summed E-state index contributed by atoms with van der Waals surface area (Å²) in [5.74, 6) is 1.36. The molecule has 0 saturated carbocycles. The van der Waals surface area contributed by atoms with Gasteiger partial charge in [0.25, 0.3) is 5.78 Å². The van der Waals surface area contributed by atoms with E-state index in [9.17, 15) is 4.79 Å². The molecule has 0 fully saturated rings. The fourth-order valence-electron chi connectivity index (χ4n) is 3.49. The van der Waals surface area contributed by atoms with Crippen LogP contribution in [0.5, 0.6) is 0 Å². The molecule has 0 N–H and O–H groups in total. The van der Waals surface area contributed by atoms with Crippen LogP contribution in [0.1, 0.15) is 34.7 Å². The van der Waals surface area contributed by atoms with Crippen molar-refractivity contribution >= 4 is 17.4 Å². The highest BCUT2D eigenvalue weighted by Gasteiger charge is 2.19. The van der Waals surface area contributed by atoms with E-state index in [0.717, 1.165) is 34.0 Å². The number of nitrogens with zero attached hydrogens (tertiary/aromatic N) is 5. The van der Waals surface area contributed by atoms with E-state index in [4.69, 9.17) is 4.42 Å². The summed E-state index contributed by atoms with van der Waals surface area (Å²) < 4.78 is 7.19. The molecule has 0 aliphatic heterocycles. The van der Waals surface area contributed by atoms with E-state index in [1.807, 2.05) is 57.2 Å². The number of aryl methyl sites for hydroxylation is 3. The minimum atomic E-state index is 0.0303. The molecule has 4 rings (SSSR count). The molecule has 0 aliphatic rings. The van der Waals surface area contributed by atoms with E-state index in [1.165, 1.54) is 6.33 Å². The Balaban J connectivity index is 1.57. The van der Waals surface area contributed by atoms with Gasteiger partial charge in [0.15, 0.2) is 0 Å². The molecular weight excluding hydrogens is 366 g/mol. The molecule has 148 valence electrons. The van der Waals surface area contributed by atoms with Gasteiger partial charge < -0.3 is 9.32 Å². The lowest BCUT2D eigenvalue weighted by molar-refractivity contribution is -0.118. The molecule has 0 unspecified atom stereocenters. The van der Waals surface area contributed by atoms with E-state index < -0.39 is 0 Å². The Bertz CT molecular complexity index is 1130. The Morgan fingerprint density at radius 1 is 1.14 bits per heavy atom. The van der Waals surface area contributed by atoms with Crippen molar-refractivity contribution in [3.63, 3.8) is 0 Å². The third-order valence-electron chi connectivity index (χ3n) is 5.12. The lowest BCUT2D eigenvalue weighted by atomic mass is 10.1. The van der Waals surface area contributed by atoms with Crippen molar-refractivity contribution in [3.05, 3.63) is 77.3 Å². The van der Waals surface area contributed by atoms with Crippen LogP contribution in [0.4, 0.5) is 5.69 Å². The third-order valence-corrected chi connectivity index (χ3v) is 5.12. The topological polar surface area (TPSA) is 76.5 Å². The number of benzene rings is 1. The molecule has 4 aromatic rings. The monoisotopic (exact) mass is 389 g/mol. The van der Waals surface area contributed by atoms with E-state index >= 15 is 0 Å². The van der Waals surface area contributed by atoms with Crippen LogP contribution in [-0.2, 0) is 17.8 Å². The fourth-order valence-corrected chi connectivity index (χ4v) is 3.49. The SMILES string of the molecule is Cc1ccc(N(Cc2ccco2)C(=O)CCc2c(C)nc3ncnn3c2C)cc1. The van der Waals surface area contributed by atoms with Crippen LogP contribution in [0.2, 0.25) is 0 Å². The average Bonchev–Trinajstić information content (AvgIpc) is 3.38. The fraction of sp³-hybridized carbons (Fsp3) is 0.273. The first-order chi connectivity index (χ1) is 14.0. The molecule has 0 saturated heterocycles. The number of furan rings is 1. The van der Waals surface area contributed by atoms with Gasteiger partial charge in [-0.3, -0.25) is 4.79 Å². The van der Waals surface area contributed by atoms with Crippen LogP contribution < -0.4 is 4.90 Å². The molecule has 3 aromatic heterocycles. The molecule has 0 spiro atoms.